The molecule has 0 aromatic heterocycles. The van der Waals surface area contributed by atoms with Crippen LogP contribution in [-0.2, 0) is 4.79 Å². The number of carboxylic acid groups (broad SMARTS) is 1. The summed E-state index contributed by atoms with van der Waals surface area (Å²) in [6, 6.07) is 5.75. The summed E-state index contributed by atoms with van der Waals surface area (Å²) < 4.78 is 13.6. The number of carbonyl (C=O) groups is 1. The monoisotopic (exact) mass is 378 g/mol. The molecule has 4 nitrogen and oxygen atoms in total. The van der Waals surface area contributed by atoms with Gasteiger partial charge in [0.25, 0.3) is 0 Å². The molecule has 1 N–H and O–H groups in total. The number of halogens is 2. The highest BCUT2D eigenvalue weighted by atomic mass is 35.5. The number of aliphatic carboxylic acids is 1. The minimum absolute atomic E-state index is 0.155. The number of nitriles is 1. The Labute approximate surface area is 158 Å². The zero-order chi connectivity index (χ0) is 19.5. The molecule has 26 heavy (non-hydrogen) atoms. The van der Waals surface area contributed by atoms with Crippen molar-refractivity contribution in [2.24, 2.45) is 16.3 Å². The van der Waals surface area contributed by atoms with Crippen LogP contribution in [0.1, 0.15) is 57.9 Å². The number of aliphatic imine (C=N–C) groups is 1. The largest absolute Gasteiger partial charge is 0.481 e. The predicted molar refractivity (Wildman–Crippen MR) is 100 cm³/mol. The lowest BCUT2D eigenvalue weighted by atomic mass is 9.57. The molecule has 1 aliphatic rings. The average molecular weight is 379 g/mol. The molecular formula is C20H24ClFN2O2. The molecule has 4 atom stereocenters. The lowest BCUT2D eigenvalue weighted by Crippen LogP contribution is -2.53. The first kappa shape index (κ1) is 20.4. The summed E-state index contributed by atoms with van der Waals surface area (Å²) in [6.45, 7) is 5.67. The molecule has 0 saturated carbocycles. The number of carboxylic acids is 1. The summed E-state index contributed by atoms with van der Waals surface area (Å²) in [6.07, 6.45) is 2.40. The van der Waals surface area contributed by atoms with E-state index in [1.807, 2.05) is 13.8 Å². The first-order valence-corrected chi connectivity index (χ1v) is 9.33. The normalized spacial score (nSPS) is 28.3. The van der Waals surface area contributed by atoms with E-state index in [1.54, 1.807) is 6.92 Å². The second-order valence-corrected chi connectivity index (χ2v) is 7.33. The van der Waals surface area contributed by atoms with Crippen molar-refractivity contribution >= 4 is 23.3 Å². The van der Waals surface area contributed by atoms with Crippen molar-refractivity contribution in [3.05, 3.63) is 34.6 Å². The molecule has 1 heterocycles. The average Bonchev–Trinajstić information content (AvgIpc) is 2.57. The minimum Gasteiger partial charge on any atom is -0.481 e. The molecule has 0 saturated heterocycles. The maximum absolute atomic E-state index is 13.6. The van der Waals surface area contributed by atoms with Crippen LogP contribution < -0.4 is 0 Å². The Morgan fingerprint density at radius 2 is 2.12 bits per heavy atom. The fourth-order valence-electron chi connectivity index (χ4n) is 4.28. The summed E-state index contributed by atoms with van der Waals surface area (Å²) in [5, 5.41) is 20.2. The molecule has 1 aromatic rings. The second kappa shape index (κ2) is 8.18. The van der Waals surface area contributed by atoms with Crippen molar-refractivity contribution in [1.29, 1.82) is 5.26 Å². The first-order valence-electron chi connectivity index (χ1n) is 8.95. The third-order valence-corrected chi connectivity index (χ3v) is 5.68. The molecule has 0 aliphatic carbocycles. The molecule has 140 valence electrons. The fraction of sp³-hybridized carbons (Fsp3) is 0.550. The van der Waals surface area contributed by atoms with Crippen LogP contribution >= 0.6 is 11.6 Å². The summed E-state index contributed by atoms with van der Waals surface area (Å²) in [5.74, 6) is -2.85. The molecule has 2 rings (SSSR count). The molecule has 0 bridgehead atoms. The van der Waals surface area contributed by atoms with Crippen LogP contribution in [0, 0.1) is 28.5 Å². The van der Waals surface area contributed by atoms with E-state index in [9.17, 15) is 19.6 Å². The van der Waals surface area contributed by atoms with Crippen molar-refractivity contribution < 1.29 is 14.3 Å². The van der Waals surface area contributed by atoms with Gasteiger partial charge in [-0.15, -0.1) is 0 Å². The summed E-state index contributed by atoms with van der Waals surface area (Å²) in [7, 11) is 0. The van der Waals surface area contributed by atoms with Gasteiger partial charge in [-0.25, -0.2) is 4.39 Å². The van der Waals surface area contributed by atoms with Crippen LogP contribution in [0.5, 0.6) is 0 Å². The highest BCUT2D eigenvalue weighted by Crippen LogP contribution is 2.54. The molecule has 0 spiro atoms. The van der Waals surface area contributed by atoms with Gasteiger partial charge in [0.2, 0.25) is 0 Å². The fourth-order valence-corrected chi connectivity index (χ4v) is 4.56. The standard InChI is InChI=1S/C20H24ClFN2O2/c1-4-6-17-20(9-5-2,19(25)26)18(15(11-23)12(3)24-17)14-8-7-13(22)10-16(14)21/h7-8,10,15,17-18H,4-6,9H2,1-3H3,(H,25,26). The smallest absolute Gasteiger partial charge is 0.312 e. The summed E-state index contributed by atoms with van der Waals surface area (Å²) >= 11 is 6.31. The van der Waals surface area contributed by atoms with Crippen molar-refractivity contribution in [2.45, 2.75) is 58.4 Å². The number of hydrogen-bond donors (Lipinski definition) is 1. The van der Waals surface area contributed by atoms with Crippen LogP contribution in [0.3, 0.4) is 0 Å². The van der Waals surface area contributed by atoms with E-state index in [2.05, 4.69) is 11.1 Å². The zero-order valence-corrected chi connectivity index (χ0v) is 16.1. The molecule has 0 fully saturated rings. The summed E-state index contributed by atoms with van der Waals surface area (Å²) in [4.78, 5) is 17.2. The maximum Gasteiger partial charge on any atom is 0.312 e. The van der Waals surface area contributed by atoms with E-state index in [0.717, 1.165) is 6.42 Å². The Balaban J connectivity index is 2.80. The Morgan fingerprint density at radius 1 is 1.42 bits per heavy atom. The minimum atomic E-state index is -1.24. The molecule has 1 aliphatic heterocycles. The third-order valence-electron chi connectivity index (χ3n) is 5.35. The lowest BCUT2D eigenvalue weighted by molar-refractivity contribution is -0.154. The van der Waals surface area contributed by atoms with E-state index in [-0.39, 0.29) is 5.02 Å². The Hall–Kier alpha value is -1.93. The molecule has 0 amide bonds. The molecule has 0 radical (unpaired) electrons. The van der Waals surface area contributed by atoms with Crippen LogP contribution in [-0.4, -0.2) is 22.8 Å². The second-order valence-electron chi connectivity index (χ2n) is 6.92. The van der Waals surface area contributed by atoms with Crippen molar-refractivity contribution in [3.8, 4) is 6.07 Å². The van der Waals surface area contributed by atoms with Gasteiger partial charge in [0, 0.05) is 16.7 Å². The first-order chi connectivity index (χ1) is 12.3. The molecular weight excluding hydrogens is 355 g/mol. The number of benzene rings is 1. The van der Waals surface area contributed by atoms with Gasteiger partial charge in [0.15, 0.2) is 0 Å². The van der Waals surface area contributed by atoms with Crippen LogP contribution in [0.4, 0.5) is 4.39 Å². The number of rotatable bonds is 6. The topological polar surface area (TPSA) is 73.5 Å². The maximum atomic E-state index is 13.6. The Bertz CT molecular complexity index is 759. The Morgan fingerprint density at radius 3 is 2.62 bits per heavy atom. The molecule has 4 unspecified atom stereocenters. The molecule has 6 heteroatoms. The van der Waals surface area contributed by atoms with Gasteiger partial charge in [-0.05, 0) is 37.5 Å². The number of hydrogen-bond acceptors (Lipinski definition) is 3. The van der Waals surface area contributed by atoms with Gasteiger partial charge in [-0.1, -0.05) is 44.4 Å². The third kappa shape index (κ3) is 3.35. The zero-order valence-electron chi connectivity index (χ0n) is 15.3. The van der Waals surface area contributed by atoms with E-state index in [1.165, 1.54) is 18.2 Å². The number of nitrogens with zero attached hydrogens (tertiary/aromatic N) is 2. The van der Waals surface area contributed by atoms with E-state index >= 15 is 0 Å². The SMILES string of the molecule is CCCC1N=C(C)C(C#N)C(c2ccc(F)cc2Cl)C1(CCC)C(=O)O. The van der Waals surface area contributed by atoms with Gasteiger partial charge in [0.1, 0.15) is 5.82 Å². The highest BCUT2D eigenvalue weighted by molar-refractivity contribution is 6.31. The van der Waals surface area contributed by atoms with Gasteiger partial charge in [-0.2, -0.15) is 5.26 Å². The van der Waals surface area contributed by atoms with Crippen LogP contribution in [0.25, 0.3) is 0 Å². The van der Waals surface area contributed by atoms with Crippen molar-refractivity contribution in [3.63, 3.8) is 0 Å². The Kier molecular flexibility index (Phi) is 6.41. The lowest BCUT2D eigenvalue weighted by Gasteiger charge is -2.47. The van der Waals surface area contributed by atoms with E-state index < -0.39 is 35.1 Å². The predicted octanol–water partition coefficient (Wildman–Crippen LogP) is 5.22. The summed E-state index contributed by atoms with van der Waals surface area (Å²) in [5.41, 5.74) is -0.123. The van der Waals surface area contributed by atoms with Crippen LogP contribution in [0.15, 0.2) is 23.2 Å². The van der Waals surface area contributed by atoms with Crippen molar-refractivity contribution in [2.75, 3.05) is 0 Å². The van der Waals surface area contributed by atoms with Crippen molar-refractivity contribution in [1.82, 2.24) is 0 Å². The van der Waals surface area contributed by atoms with E-state index in [4.69, 9.17) is 11.6 Å². The molecule has 1 aromatic carbocycles. The highest BCUT2D eigenvalue weighted by Gasteiger charge is 2.57. The van der Waals surface area contributed by atoms with Crippen LogP contribution in [0.2, 0.25) is 5.02 Å². The van der Waals surface area contributed by atoms with E-state index in [0.29, 0.717) is 30.5 Å². The van der Waals surface area contributed by atoms with Gasteiger partial charge in [-0.3, -0.25) is 9.79 Å². The van der Waals surface area contributed by atoms with Gasteiger partial charge >= 0.3 is 5.97 Å². The van der Waals surface area contributed by atoms with Gasteiger partial charge < -0.3 is 5.11 Å². The quantitative estimate of drug-likeness (QED) is 0.737. The van der Waals surface area contributed by atoms with Gasteiger partial charge in [0.05, 0.1) is 23.4 Å².